The fourth-order valence-electron chi connectivity index (χ4n) is 6.07. The van der Waals surface area contributed by atoms with E-state index in [1.165, 1.54) is 5.56 Å². The lowest BCUT2D eigenvalue weighted by atomic mass is 9.47. The van der Waals surface area contributed by atoms with E-state index >= 15 is 0 Å². The first-order valence-electron chi connectivity index (χ1n) is 10.0. The molecule has 5 heteroatoms. The summed E-state index contributed by atoms with van der Waals surface area (Å²) in [6.45, 7) is 1.96. The van der Waals surface area contributed by atoms with E-state index in [0.29, 0.717) is 24.4 Å². The Labute approximate surface area is 159 Å². The number of ether oxygens (including phenoxy) is 3. The van der Waals surface area contributed by atoms with Crippen molar-refractivity contribution in [3.8, 4) is 11.5 Å². The van der Waals surface area contributed by atoms with Gasteiger partial charge in [-0.2, -0.15) is 0 Å². The van der Waals surface area contributed by atoms with E-state index in [4.69, 9.17) is 14.2 Å². The van der Waals surface area contributed by atoms with Gasteiger partial charge in [0.2, 0.25) is 0 Å². The molecule has 1 heterocycles. The van der Waals surface area contributed by atoms with Crippen molar-refractivity contribution in [2.45, 2.75) is 69.0 Å². The van der Waals surface area contributed by atoms with Gasteiger partial charge >= 0.3 is 5.97 Å². The van der Waals surface area contributed by atoms with Crippen LogP contribution < -0.4 is 9.47 Å². The molecule has 1 spiro atoms. The first-order valence-corrected chi connectivity index (χ1v) is 10.0. The van der Waals surface area contributed by atoms with E-state index in [2.05, 4.69) is 6.07 Å². The van der Waals surface area contributed by atoms with Gasteiger partial charge in [-0.1, -0.05) is 19.4 Å². The molecule has 5 rings (SSSR count). The number of rotatable bonds is 4. The molecule has 1 saturated carbocycles. The molecule has 0 radical (unpaired) electrons. The molecule has 4 atom stereocenters. The van der Waals surface area contributed by atoms with Crippen molar-refractivity contribution < 1.29 is 24.1 Å². The fraction of sp³-hybridized carbons (Fsp3) is 0.591. The maximum Gasteiger partial charge on any atom is 0.310 e. The predicted octanol–water partition coefficient (Wildman–Crippen LogP) is 3.41. The summed E-state index contributed by atoms with van der Waals surface area (Å²) < 4.78 is 17.7. The van der Waals surface area contributed by atoms with Gasteiger partial charge in [0, 0.05) is 12.0 Å². The molecule has 27 heavy (non-hydrogen) atoms. The van der Waals surface area contributed by atoms with Crippen molar-refractivity contribution in [3.63, 3.8) is 0 Å². The van der Waals surface area contributed by atoms with Crippen LogP contribution in [-0.2, 0) is 21.4 Å². The van der Waals surface area contributed by atoms with Gasteiger partial charge in [-0.3, -0.25) is 4.79 Å². The molecular weight excluding hydrogens is 344 g/mol. The summed E-state index contributed by atoms with van der Waals surface area (Å²) in [5.41, 5.74) is 0.914. The standard InChI is InChI=1S/C22H26O5/c1-3-5-17(23)26-16-9-11-22(24)14-6-4-10-21(22)18-13(12-14)7-8-15(25-2)19(18)27-20(16)21/h7-9,14,20,24H,3-6,10-12H2,1-2H3/t14-,20+,21+,22-/m1/s1. The number of methoxy groups -OCH3 is 1. The summed E-state index contributed by atoms with van der Waals surface area (Å²) in [5.74, 6) is 1.93. The van der Waals surface area contributed by atoms with Gasteiger partial charge in [0.1, 0.15) is 5.76 Å². The minimum absolute atomic E-state index is 0.202. The summed E-state index contributed by atoms with van der Waals surface area (Å²) in [6, 6.07) is 4.07. The first-order chi connectivity index (χ1) is 13.0. The molecule has 3 aliphatic carbocycles. The van der Waals surface area contributed by atoms with Gasteiger partial charge in [0.25, 0.3) is 0 Å². The lowest BCUT2D eigenvalue weighted by Crippen LogP contribution is -2.67. The number of esters is 1. The van der Waals surface area contributed by atoms with Crippen LogP contribution in [0, 0.1) is 5.92 Å². The Kier molecular flexibility index (Phi) is 3.64. The third kappa shape index (κ3) is 2.01. The Balaban J connectivity index is 1.69. The molecule has 5 nitrogen and oxygen atoms in total. The number of aliphatic hydroxyl groups is 1. The molecule has 4 aliphatic rings. The van der Waals surface area contributed by atoms with Gasteiger partial charge < -0.3 is 19.3 Å². The van der Waals surface area contributed by atoms with Crippen molar-refractivity contribution >= 4 is 5.97 Å². The van der Waals surface area contributed by atoms with Gasteiger partial charge in [-0.15, -0.1) is 0 Å². The largest absolute Gasteiger partial charge is 0.493 e. The molecule has 144 valence electrons. The fourth-order valence-corrected chi connectivity index (χ4v) is 6.07. The number of benzene rings is 1. The lowest BCUT2D eigenvalue weighted by molar-refractivity contribution is -0.160. The van der Waals surface area contributed by atoms with Crippen LogP contribution >= 0.6 is 0 Å². The normalized spacial score (nSPS) is 35.0. The summed E-state index contributed by atoms with van der Waals surface area (Å²) in [7, 11) is 1.64. The average molecular weight is 370 g/mol. The maximum absolute atomic E-state index is 12.2. The zero-order valence-corrected chi connectivity index (χ0v) is 15.9. The van der Waals surface area contributed by atoms with Crippen LogP contribution in [0.2, 0.25) is 0 Å². The smallest absolute Gasteiger partial charge is 0.310 e. The molecule has 1 aliphatic heterocycles. The Hall–Kier alpha value is -2.01. The van der Waals surface area contributed by atoms with E-state index in [9.17, 15) is 9.90 Å². The highest BCUT2D eigenvalue weighted by Gasteiger charge is 2.70. The highest BCUT2D eigenvalue weighted by molar-refractivity contribution is 5.71. The van der Waals surface area contributed by atoms with Gasteiger partial charge in [0.15, 0.2) is 17.6 Å². The molecule has 1 aromatic carbocycles. The summed E-state index contributed by atoms with van der Waals surface area (Å²) >= 11 is 0. The van der Waals surface area contributed by atoms with Crippen LogP contribution in [0.5, 0.6) is 11.5 Å². The Bertz CT molecular complexity index is 843. The highest BCUT2D eigenvalue weighted by Crippen LogP contribution is 2.67. The molecule has 1 fully saturated rings. The molecule has 1 aromatic rings. The van der Waals surface area contributed by atoms with Crippen molar-refractivity contribution in [1.82, 2.24) is 0 Å². The first kappa shape index (κ1) is 17.1. The van der Waals surface area contributed by atoms with E-state index in [-0.39, 0.29) is 11.9 Å². The minimum Gasteiger partial charge on any atom is -0.493 e. The van der Waals surface area contributed by atoms with Gasteiger partial charge in [-0.05, 0) is 55.7 Å². The molecule has 0 saturated heterocycles. The van der Waals surface area contributed by atoms with E-state index in [1.54, 1.807) is 7.11 Å². The minimum atomic E-state index is -0.860. The second kappa shape index (κ2) is 5.74. The predicted molar refractivity (Wildman–Crippen MR) is 98.8 cm³/mol. The number of hydrogen-bond acceptors (Lipinski definition) is 5. The summed E-state index contributed by atoms with van der Waals surface area (Å²) in [6.07, 6.45) is 6.80. The van der Waals surface area contributed by atoms with Gasteiger partial charge in [-0.25, -0.2) is 0 Å². The number of carbonyl (C=O) groups is 1. The van der Waals surface area contributed by atoms with E-state index in [1.807, 2.05) is 19.1 Å². The van der Waals surface area contributed by atoms with Crippen LogP contribution in [0.15, 0.2) is 24.0 Å². The van der Waals surface area contributed by atoms with Crippen molar-refractivity contribution in [3.05, 3.63) is 35.1 Å². The van der Waals surface area contributed by atoms with Crippen LogP contribution in [0.1, 0.15) is 56.6 Å². The van der Waals surface area contributed by atoms with Crippen molar-refractivity contribution in [2.75, 3.05) is 7.11 Å². The van der Waals surface area contributed by atoms with Crippen LogP contribution in [0.25, 0.3) is 0 Å². The van der Waals surface area contributed by atoms with Crippen LogP contribution in [0.3, 0.4) is 0 Å². The molecule has 0 amide bonds. The second-order valence-corrected chi connectivity index (χ2v) is 8.35. The maximum atomic E-state index is 12.2. The zero-order chi connectivity index (χ0) is 18.8. The van der Waals surface area contributed by atoms with Crippen LogP contribution in [0.4, 0.5) is 0 Å². The summed E-state index contributed by atoms with van der Waals surface area (Å²) in [4.78, 5) is 12.2. The molecule has 0 unspecified atom stereocenters. The zero-order valence-electron chi connectivity index (χ0n) is 15.9. The lowest BCUT2D eigenvalue weighted by Gasteiger charge is -2.59. The highest BCUT2D eigenvalue weighted by atomic mass is 16.6. The monoisotopic (exact) mass is 370 g/mol. The number of carbonyl (C=O) groups excluding carboxylic acids is 1. The Morgan fingerprint density at radius 3 is 3.04 bits per heavy atom. The molecule has 2 bridgehead atoms. The Morgan fingerprint density at radius 1 is 1.41 bits per heavy atom. The molecule has 1 N–H and O–H groups in total. The van der Waals surface area contributed by atoms with E-state index in [0.717, 1.165) is 43.4 Å². The van der Waals surface area contributed by atoms with Crippen molar-refractivity contribution in [1.29, 1.82) is 0 Å². The Morgan fingerprint density at radius 2 is 2.26 bits per heavy atom. The molecular formula is C22H26O5. The quantitative estimate of drug-likeness (QED) is 0.823. The average Bonchev–Trinajstić information content (AvgIpc) is 2.98. The SMILES string of the molecule is CCCC(=O)OC1=CC[C@@]2(O)[C@@H]3CCC[C@@]24c2c(ccc(OC)c2O[C@@H]14)C3. The molecule has 0 aromatic heterocycles. The van der Waals surface area contributed by atoms with Gasteiger partial charge in [0.05, 0.1) is 18.1 Å². The topological polar surface area (TPSA) is 65.0 Å². The third-order valence-corrected chi connectivity index (χ3v) is 7.15. The second-order valence-electron chi connectivity index (χ2n) is 8.35. The third-order valence-electron chi connectivity index (χ3n) is 7.15. The van der Waals surface area contributed by atoms with Crippen molar-refractivity contribution in [2.24, 2.45) is 5.92 Å². The van der Waals surface area contributed by atoms with E-state index < -0.39 is 17.1 Å². The summed E-state index contributed by atoms with van der Waals surface area (Å²) in [5, 5.41) is 11.9. The van der Waals surface area contributed by atoms with Crippen LogP contribution in [-0.4, -0.2) is 29.9 Å². The number of hydrogen-bond donors (Lipinski definition) is 1.